The highest BCUT2D eigenvalue weighted by Gasteiger charge is 2.13. The summed E-state index contributed by atoms with van der Waals surface area (Å²) in [5.74, 6) is -0.0612. The molecule has 2 aromatic rings. The molecule has 0 spiro atoms. The van der Waals surface area contributed by atoms with Gasteiger partial charge < -0.3 is 10.1 Å². The fraction of sp³-hybridized carbons (Fsp3) is 0.188. The number of ether oxygens (including phenoxy) is 1. The van der Waals surface area contributed by atoms with Crippen LogP contribution in [0.2, 0.25) is 0 Å². The first-order valence-electron chi connectivity index (χ1n) is 6.28. The van der Waals surface area contributed by atoms with Gasteiger partial charge in [-0.05, 0) is 25.1 Å². The van der Waals surface area contributed by atoms with E-state index < -0.39 is 5.82 Å². The molecule has 1 N–H and O–H groups in total. The van der Waals surface area contributed by atoms with Crippen LogP contribution in [0.3, 0.4) is 0 Å². The molecule has 0 aliphatic carbocycles. The molecule has 0 heterocycles. The van der Waals surface area contributed by atoms with Crippen molar-refractivity contribution in [2.45, 2.75) is 13.5 Å². The summed E-state index contributed by atoms with van der Waals surface area (Å²) in [6, 6.07) is 12.1. The van der Waals surface area contributed by atoms with Gasteiger partial charge in [-0.15, -0.1) is 0 Å². The lowest BCUT2D eigenvalue weighted by Crippen LogP contribution is -2.07. The molecule has 2 rings (SSSR count). The summed E-state index contributed by atoms with van der Waals surface area (Å²) in [6.07, 6.45) is 0. The van der Waals surface area contributed by atoms with Gasteiger partial charge in [-0.1, -0.05) is 24.3 Å². The van der Waals surface area contributed by atoms with Gasteiger partial charge in [-0.2, -0.15) is 0 Å². The molecule has 0 saturated carbocycles. The number of hydrogen-bond acceptors (Lipinski definition) is 3. The highest BCUT2D eigenvalue weighted by Crippen LogP contribution is 2.23. The average Bonchev–Trinajstić information content (AvgIpc) is 2.45. The molecular formula is C16H16FNO2. The van der Waals surface area contributed by atoms with Gasteiger partial charge in [-0.3, -0.25) is 4.79 Å². The molecule has 0 aliphatic rings. The number of methoxy groups -OCH3 is 1. The number of carbonyl (C=O) groups excluding carboxylic acids is 1. The Labute approximate surface area is 117 Å². The number of halogens is 1. The lowest BCUT2D eigenvalue weighted by atomic mass is 10.1. The van der Waals surface area contributed by atoms with Crippen LogP contribution in [0.5, 0.6) is 5.75 Å². The summed E-state index contributed by atoms with van der Waals surface area (Å²) < 4.78 is 18.9. The zero-order valence-corrected chi connectivity index (χ0v) is 11.4. The Morgan fingerprint density at radius 3 is 2.65 bits per heavy atom. The van der Waals surface area contributed by atoms with Crippen molar-refractivity contribution in [2.75, 3.05) is 12.4 Å². The van der Waals surface area contributed by atoms with E-state index in [0.29, 0.717) is 12.2 Å². The van der Waals surface area contributed by atoms with Crippen LogP contribution in [0.25, 0.3) is 0 Å². The van der Waals surface area contributed by atoms with Gasteiger partial charge in [0, 0.05) is 17.8 Å². The molecule has 0 unspecified atom stereocenters. The summed E-state index contributed by atoms with van der Waals surface area (Å²) in [7, 11) is 1.60. The van der Waals surface area contributed by atoms with Crippen LogP contribution >= 0.6 is 0 Å². The second-order valence-corrected chi connectivity index (χ2v) is 4.38. The van der Waals surface area contributed by atoms with Gasteiger partial charge in [0.25, 0.3) is 0 Å². The van der Waals surface area contributed by atoms with Crippen molar-refractivity contribution >= 4 is 11.5 Å². The molecule has 0 saturated heterocycles. The van der Waals surface area contributed by atoms with E-state index in [1.54, 1.807) is 19.2 Å². The molecule has 104 valence electrons. The molecule has 0 bridgehead atoms. The second kappa shape index (κ2) is 6.19. The first-order chi connectivity index (χ1) is 9.63. The second-order valence-electron chi connectivity index (χ2n) is 4.38. The van der Waals surface area contributed by atoms with E-state index >= 15 is 0 Å². The maximum Gasteiger partial charge on any atom is 0.164 e. The molecule has 2 aromatic carbocycles. The maximum atomic E-state index is 13.7. The minimum atomic E-state index is -0.512. The van der Waals surface area contributed by atoms with E-state index in [9.17, 15) is 9.18 Å². The number of rotatable bonds is 5. The molecule has 0 radical (unpaired) electrons. The molecular weight excluding hydrogens is 257 g/mol. The van der Waals surface area contributed by atoms with Crippen molar-refractivity contribution in [3.8, 4) is 5.75 Å². The first-order valence-corrected chi connectivity index (χ1v) is 6.28. The topological polar surface area (TPSA) is 38.3 Å². The van der Waals surface area contributed by atoms with Crippen LogP contribution in [0.15, 0.2) is 42.5 Å². The van der Waals surface area contributed by atoms with Crippen molar-refractivity contribution in [3.05, 3.63) is 59.4 Å². The monoisotopic (exact) mass is 273 g/mol. The Kier molecular flexibility index (Phi) is 4.35. The number of para-hydroxylation sites is 1. The molecule has 0 amide bonds. The minimum Gasteiger partial charge on any atom is -0.496 e. The summed E-state index contributed by atoms with van der Waals surface area (Å²) in [4.78, 5) is 11.5. The number of anilines is 1. The van der Waals surface area contributed by atoms with Gasteiger partial charge in [0.15, 0.2) is 5.78 Å². The molecule has 20 heavy (non-hydrogen) atoms. The SMILES string of the molecule is COc1ccccc1CNc1cccc(F)c1C(C)=O. The van der Waals surface area contributed by atoms with Gasteiger partial charge in [0.2, 0.25) is 0 Å². The third kappa shape index (κ3) is 2.96. The van der Waals surface area contributed by atoms with E-state index in [0.717, 1.165) is 11.3 Å². The quantitative estimate of drug-likeness (QED) is 0.845. The van der Waals surface area contributed by atoms with E-state index in [1.807, 2.05) is 24.3 Å². The van der Waals surface area contributed by atoms with Crippen LogP contribution in [0.4, 0.5) is 10.1 Å². The lowest BCUT2D eigenvalue weighted by Gasteiger charge is -2.13. The van der Waals surface area contributed by atoms with Crippen LogP contribution in [0.1, 0.15) is 22.8 Å². The zero-order chi connectivity index (χ0) is 14.5. The predicted molar refractivity (Wildman–Crippen MR) is 76.7 cm³/mol. The van der Waals surface area contributed by atoms with Crippen LogP contribution in [-0.4, -0.2) is 12.9 Å². The number of carbonyl (C=O) groups is 1. The Balaban J connectivity index is 2.23. The first kappa shape index (κ1) is 14.1. The largest absolute Gasteiger partial charge is 0.496 e. The zero-order valence-electron chi connectivity index (χ0n) is 11.4. The highest BCUT2D eigenvalue weighted by atomic mass is 19.1. The Bertz CT molecular complexity index is 626. The van der Waals surface area contributed by atoms with Gasteiger partial charge in [0.05, 0.1) is 12.7 Å². The molecule has 3 nitrogen and oxygen atoms in total. The van der Waals surface area contributed by atoms with E-state index in [2.05, 4.69) is 5.32 Å². The summed E-state index contributed by atoms with van der Waals surface area (Å²) in [5, 5.41) is 3.09. The number of nitrogens with one attached hydrogen (secondary N) is 1. The Morgan fingerprint density at radius 2 is 1.95 bits per heavy atom. The number of benzene rings is 2. The van der Waals surface area contributed by atoms with Gasteiger partial charge in [0.1, 0.15) is 11.6 Å². The molecule has 4 heteroatoms. The summed E-state index contributed by atoms with van der Waals surface area (Å²) in [6.45, 7) is 1.81. The van der Waals surface area contributed by atoms with Crippen molar-refractivity contribution in [1.82, 2.24) is 0 Å². The van der Waals surface area contributed by atoms with Crippen molar-refractivity contribution in [1.29, 1.82) is 0 Å². The summed E-state index contributed by atoms with van der Waals surface area (Å²) in [5.41, 5.74) is 1.51. The fourth-order valence-electron chi connectivity index (χ4n) is 2.07. The predicted octanol–water partition coefficient (Wildman–Crippen LogP) is 3.65. The number of ketones is 1. The third-order valence-electron chi connectivity index (χ3n) is 3.03. The van der Waals surface area contributed by atoms with E-state index in [1.165, 1.54) is 13.0 Å². The van der Waals surface area contributed by atoms with Crippen molar-refractivity contribution in [2.24, 2.45) is 0 Å². The summed E-state index contributed by atoms with van der Waals surface area (Å²) >= 11 is 0. The van der Waals surface area contributed by atoms with Crippen LogP contribution in [-0.2, 0) is 6.54 Å². The number of Topliss-reactive ketones (excluding diaryl/α,β-unsaturated/α-hetero) is 1. The maximum absolute atomic E-state index is 13.7. The van der Waals surface area contributed by atoms with E-state index in [4.69, 9.17) is 4.74 Å². The minimum absolute atomic E-state index is 0.0856. The lowest BCUT2D eigenvalue weighted by molar-refractivity contribution is 0.101. The molecule has 0 fully saturated rings. The van der Waals surface area contributed by atoms with Crippen molar-refractivity contribution < 1.29 is 13.9 Å². The van der Waals surface area contributed by atoms with E-state index in [-0.39, 0.29) is 11.3 Å². The van der Waals surface area contributed by atoms with Crippen LogP contribution in [0, 0.1) is 5.82 Å². The molecule has 0 aromatic heterocycles. The Hall–Kier alpha value is -2.36. The van der Waals surface area contributed by atoms with Crippen LogP contribution < -0.4 is 10.1 Å². The molecule has 0 aliphatic heterocycles. The van der Waals surface area contributed by atoms with Gasteiger partial charge in [-0.25, -0.2) is 4.39 Å². The fourth-order valence-corrected chi connectivity index (χ4v) is 2.07. The Morgan fingerprint density at radius 1 is 1.20 bits per heavy atom. The molecule has 0 atom stereocenters. The number of hydrogen-bond donors (Lipinski definition) is 1. The standard InChI is InChI=1S/C16H16FNO2/c1-11(19)16-13(17)7-5-8-14(16)18-10-12-6-3-4-9-15(12)20-2/h3-9,18H,10H2,1-2H3. The smallest absolute Gasteiger partial charge is 0.164 e. The van der Waals surface area contributed by atoms with Crippen molar-refractivity contribution in [3.63, 3.8) is 0 Å². The third-order valence-corrected chi connectivity index (χ3v) is 3.03. The van der Waals surface area contributed by atoms with Gasteiger partial charge >= 0.3 is 0 Å². The highest BCUT2D eigenvalue weighted by molar-refractivity contribution is 5.99. The average molecular weight is 273 g/mol. The normalized spacial score (nSPS) is 10.2.